The van der Waals surface area contributed by atoms with Crippen molar-refractivity contribution in [2.24, 2.45) is 10.8 Å². The van der Waals surface area contributed by atoms with Crippen LogP contribution in [-0.2, 0) is 5.41 Å². The monoisotopic (exact) mass is 364 g/mol. The molecule has 0 aliphatic heterocycles. The zero-order valence-electron chi connectivity index (χ0n) is 17.9. The molecule has 0 atom stereocenters. The fourth-order valence-electron chi connectivity index (χ4n) is 3.11. The lowest BCUT2D eigenvalue weighted by Crippen LogP contribution is -2.22. The average Bonchev–Trinajstić information content (AvgIpc) is 2.59. The highest BCUT2D eigenvalue weighted by Gasteiger charge is 2.27. The topological polar surface area (TPSA) is 34.1 Å². The molecular weight excluding hydrogens is 332 g/mol. The Morgan fingerprint density at radius 2 is 0.778 bits per heavy atom. The molecule has 2 aromatic carbocycles. The number of hydrogen-bond donors (Lipinski definition) is 0. The van der Waals surface area contributed by atoms with Gasteiger partial charge in [-0.1, -0.05) is 104 Å². The van der Waals surface area contributed by atoms with Gasteiger partial charge in [-0.05, 0) is 11.1 Å². The Hall–Kier alpha value is -2.22. The van der Waals surface area contributed by atoms with Crippen LogP contribution in [0.1, 0.15) is 87.2 Å². The standard InChI is InChI=1S/C25H32O2/c1-23(2,3)21(26)17-9-13-19(14-10-17)25(7,8)20-15-11-18(12-16-20)22(27)24(4,5)6/h9-16H,1-8H3. The molecule has 0 heterocycles. The maximum atomic E-state index is 12.4. The van der Waals surface area contributed by atoms with E-state index in [1.165, 1.54) is 0 Å². The smallest absolute Gasteiger partial charge is 0.168 e. The molecule has 0 saturated carbocycles. The lowest BCUT2D eigenvalue weighted by molar-refractivity contribution is 0.0852. The summed E-state index contributed by atoms with van der Waals surface area (Å²) in [4.78, 5) is 24.9. The summed E-state index contributed by atoms with van der Waals surface area (Å²) >= 11 is 0. The van der Waals surface area contributed by atoms with Crippen molar-refractivity contribution < 1.29 is 9.59 Å². The van der Waals surface area contributed by atoms with Gasteiger partial charge in [0.25, 0.3) is 0 Å². The van der Waals surface area contributed by atoms with Gasteiger partial charge in [0.2, 0.25) is 0 Å². The quantitative estimate of drug-likeness (QED) is 0.583. The Kier molecular flexibility index (Phi) is 5.52. The Labute approximate surface area is 164 Å². The van der Waals surface area contributed by atoms with Crippen molar-refractivity contribution in [3.8, 4) is 0 Å². The molecule has 0 fully saturated rings. The maximum Gasteiger partial charge on any atom is 0.168 e. The normalized spacial score (nSPS) is 12.7. The Morgan fingerprint density at radius 3 is 1.00 bits per heavy atom. The molecule has 0 saturated heterocycles. The number of carbonyl (C=O) groups excluding carboxylic acids is 2. The van der Waals surface area contributed by atoms with Gasteiger partial charge in [-0.2, -0.15) is 0 Å². The van der Waals surface area contributed by atoms with E-state index in [1.54, 1.807) is 0 Å². The second-order valence-corrected chi connectivity index (χ2v) is 9.94. The summed E-state index contributed by atoms with van der Waals surface area (Å²) in [5.74, 6) is 0.300. The SMILES string of the molecule is CC(C)(C)C(=O)c1ccc(C(C)(C)c2ccc(C(=O)C(C)(C)C)cc2)cc1. The van der Waals surface area contributed by atoms with Gasteiger partial charge in [-0.25, -0.2) is 0 Å². The highest BCUT2D eigenvalue weighted by molar-refractivity contribution is 6.00. The molecule has 0 amide bonds. The van der Waals surface area contributed by atoms with Crippen LogP contribution in [0.2, 0.25) is 0 Å². The largest absolute Gasteiger partial charge is 0.294 e. The third kappa shape index (κ3) is 4.55. The van der Waals surface area contributed by atoms with Crippen LogP contribution in [-0.4, -0.2) is 11.6 Å². The highest BCUT2D eigenvalue weighted by Crippen LogP contribution is 2.33. The zero-order chi connectivity index (χ0) is 20.6. The molecule has 144 valence electrons. The predicted molar refractivity (Wildman–Crippen MR) is 113 cm³/mol. The molecule has 0 radical (unpaired) electrons. The number of rotatable bonds is 4. The maximum absolute atomic E-state index is 12.4. The van der Waals surface area contributed by atoms with Crippen LogP contribution < -0.4 is 0 Å². The van der Waals surface area contributed by atoms with Crippen molar-refractivity contribution >= 4 is 11.6 Å². The number of carbonyl (C=O) groups is 2. The molecule has 0 spiro atoms. The number of Topliss-reactive ketones (excluding diaryl/α,β-unsaturated/α-hetero) is 2. The summed E-state index contributed by atoms with van der Waals surface area (Å²) in [5.41, 5.74) is 2.79. The Morgan fingerprint density at radius 1 is 0.519 bits per heavy atom. The molecule has 0 N–H and O–H groups in total. The van der Waals surface area contributed by atoms with E-state index < -0.39 is 0 Å². The lowest BCUT2D eigenvalue weighted by atomic mass is 9.76. The number of hydrogen-bond acceptors (Lipinski definition) is 2. The van der Waals surface area contributed by atoms with Gasteiger partial charge in [-0.15, -0.1) is 0 Å². The van der Waals surface area contributed by atoms with E-state index in [-0.39, 0.29) is 27.8 Å². The lowest BCUT2D eigenvalue weighted by Gasteiger charge is -2.27. The fraction of sp³-hybridized carbons (Fsp3) is 0.440. The van der Waals surface area contributed by atoms with Gasteiger partial charge < -0.3 is 0 Å². The Balaban J connectivity index is 2.30. The van der Waals surface area contributed by atoms with Crippen molar-refractivity contribution in [1.29, 1.82) is 0 Å². The first-order chi connectivity index (χ1) is 12.2. The van der Waals surface area contributed by atoms with Gasteiger partial charge in [-0.3, -0.25) is 9.59 Å². The Bertz CT molecular complexity index is 752. The molecule has 2 heteroatoms. The van der Waals surface area contributed by atoms with Crippen LogP contribution in [0, 0.1) is 10.8 Å². The van der Waals surface area contributed by atoms with Crippen LogP contribution in [0.5, 0.6) is 0 Å². The molecule has 0 aromatic heterocycles. The van der Waals surface area contributed by atoms with Crippen LogP contribution in [0.25, 0.3) is 0 Å². The number of ketones is 2. The summed E-state index contributed by atoms with van der Waals surface area (Å²) in [6.07, 6.45) is 0. The third-order valence-corrected chi connectivity index (χ3v) is 5.10. The van der Waals surface area contributed by atoms with Crippen molar-refractivity contribution in [3.63, 3.8) is 0 Å². The van der Waals surface area contributed by atoms with Crippen LogP contribution in [0.15, 0.2) is 48.5 Å². The molecule has 2 aromatic rings. The van der Waals surface area contributed by atoms with Crippen molar-refractivity contribution in [3.05, 3.63) is 70.8 Å². The molecule has 27 heavy (non-hydrogen) atoms. The molecule has 2 nitrogen and oxygen atoms in total. The summed E-state index contributed by atoms with van der Waals surface area (Å²) in [5, 5.41) is 0. The second kappa shape index (κ2) is 7.07. The van der Waals surface area contributed by atoms with Crippen LogP contribution >= 0.6 is 0 Å². The average molecular weight is 365 g/mol. The molecule has 0 unspecified atom stereocenters. The summed E-state index contributed by atoms with van der Waals surface area (Å²) in [6.45, 7) is 16.0. The summed E-state index contributed by atoms with van der Waals surface area (Å²) in [7, 11) is 0. The van der Waals surface area contributed by atoms with E-state index in [4.69, 9.17) is 0 Å². The number of benzene rings is 2. The van der Waals surface area contributed by atoms with Crippen molar-refractivity contribution in [1.82, 2.24) is 0 Å². The minimum atomic E-state index is -0.382. The molecule has 0 aliphatic carbocycles. The van der Waals surface area contributed by atoms with Gasteiger partial charge in [0, 0.05) is 27.4 Å². The minimum Gasteiger partial charge on any atom is -0.294 e. The first-order valence-electron chi connectivity index (χ1n) is 9.55. The van der Waals surface area contributed by atoms with Crippen LogP contribution in [0.3, 0.4) is 0 Å². The minimum absolute atomic E-state index is 0.150. The fourth-order valence-corrected chi connectivity index (χ4v) is 3.11. The van der Waals surface area contributed by atoms with E-state index >= 15 is 0 Å². The summed E-state index contributed by atoms with van der Waals surface area (Å²) in [6, 6.07) is 15.8. The van der Waals surface area contributed by atoms with Crippen molar-refractivity contribution in [2.45, 2.75) is 60.8 Å². The summed E-state index contributed by atoms with van der Waals surface area (Å²) < 4.78 is 0. The zero-order valence-corrected chi connectivity index (χ0v) is 17.9. The molecule has 0 aliphatic rings. The molecular formula is C25H32O2. The molecule has 2 rings (SSSR count). The van der Waals surface area contributed by atoms with E-state index in [1.807, 2.05) is 90.1 Å². The molecule has 0 bridgehead atoms. The van der Waals surface area contributed by atoms with E-state index in [2.05, 4.69) is 13.8 Å². The van der Waals surface area contributed by atoms with E-state index in [0.29, 0.717) is 0 Å². The van der Waals surface area contributed by atoms with E-state index in [0.717, 1.165) is 22.3 Å². The second-order valence-electron chi connectivity index (χ2n) is 9.94. The van der Waals surface area contributed by atoms with E-state index in [9.17, 15) is 9.59 Å². The van der Waals surface area contributed by atoms with Gasteiger partial charge in [0.05, 0.1) is 0 Å². The highest BCUT2D eigenvalue weighted by atomic mass is 16.1. The van der Waals surface area contributed by atoms with Gasteiger partial charge in [0.15, 0.2) is 11.6 Å². The van der Waals surface area contributed by atoms with Gasteiger partial charge in [0.1, 0.15) is 0 Å². The van der Waals surface area contributed by atoms with Crippen molar-refractivity contribution in [2.75, 3.05) is 0 Å². The predicted octanol–water partition coefficient (Wildman–Crippen LogP) is 6.47. The van der Waals surface area contributed by atoms with Gasteiger partial charge >= 0.3 is 0 Å². The first-order valence-corrected chi connectivity index (χ1v) is 9.55. The first kappa shape index (κ1) is 21.1. The third-order valence-electron chi connectivity index (χ3n) is 5.10. The van der Waals surface area contributed by atoms with Crippen LogP contribution in [0.4, 0.5) is 0 Å².